The number of hydrogen-bond acceptors (Lipinski definition) is 6. The van der Waals surface area contributed by atoms with Crippen LogP contribution < -0.4 is 14.8 Å². The maximum Gasteiger partial charge on any atom is 0.269 e. The normalized spacial score (nSPS) is 19.3. The topological polar surface area (TPSA) is 102 Å². The third-order valence-electron chi connectivity index (χ3n) is 5.02. The Balaban J connectivity index is 1.80. The Morgan fingerprint density at radius 2 is 1.70 bits per heavy atom. The molecule has 1 saturated carbocycles. The van der Waals surface area contributed by atoms with Crippen LogP contribution in [0.2, 0.25) is 0 Å². The molecule has 1 aliphatic heterocycles. The van der Waals surface area contributed by atoms with Crippen molar-refractivity contribution >= 4 is 21.8 Å². The van der Waals surface area contributed by atoms with Crippen molar-refractivity contribution in [3.8, 4) is 11.5 Å². The zero-order valence-corrected chi connectivity index (χ0v) is 16.3. The van der Waals surface area contributed by atoms with Crippen LogP contribution in [0.5, 0.6) is 11.5 Å². The van der Waals surface area contributed by atoms with Crippen LogP contribution in [0.3, 0.4) is 0 Å². The van der Waals surface area contributed by atoms with Gasteiger partial charge < -0.3 is 14.8 Å². The van der Waals surface area contributed by atoms with E-state index in [1.807, 2.05) is 0 Å². The second-order valence-corrected chi connectivity index (χ2v) is 8.61. The van der Waals surface area contributed by atoms with Crippen molar-refractivity contribution < 1.29 is 27.5 Å². The summed E-state index contributed by atoms with van der Waals surface area (Å²) in [6.45, 7) is -0.531. The fraction of sp³-hybridized carbons (Fsp3) is 0.556. The number of rotatable bonds is 5. The highest BCUT2D eigenvalue weighted by molar-refractivity contribution is 7.90. The first kappa shape index (κ1) is 19.5. The summed E-state index contributed by atoms with van der Waals surface area (Å²) in [6, 6.07) is 2.62. The SMILES string of the molecule is COc1cc2c(cc1OC)S(=O)(=O)N(CC(=O)NC1CCCCCC1)C2=O. The molecule has 148 valence electrons. The lowest BCUT2D eigenvalue weighted by Gasteiger charge is -2.19. The van der Waals surface area contributed by atoms with Crippen molar-refractivity contribution in [2.75, 3.05) is 20.8 Å². The zero-order chi connectivity index (χ0) is 19.6. The average Bonchev–Trinajstić information content (AvgIpc) is 2.85. The molecular formula is C18H24N2O6S. The van der Waals surface area contributed by atoms with Crippen LogP contribution >= 0.6 is 0 Å². The molecule has 0 atom stereocenters. The highest BCUT2D eigenvalue weighted by Gasteiger charge is 2.43. The van der Waals surface area contributed by atoms with Crippen LogP contribution in [0, 0.1) is 0 Å². The molecule has 1 N–H and O–H groups in total. The highest BCUT2D eigenvalue weighted by atomic mass is 32.2. The van der Waals surface area contributed by atoms with Gasteiger partial charge in [-0.25, -0.2) is 12.7 Å². The number of amides is 2. The van der Waals surface area contributed by atoms with Gasteiger partial charge in [-0.05, 0) is 18.9 Å². The number of carbonyl (C=O) groups is 2. The van der Waals surface area contributed by atoms with Gasteiger partial charge in [-0.2, -0.15) is 0 Å². The van der Waals surface area contributed by atoms with E-state index in [0.717, 1.165) is 38.5 Å². The number of ether oxygens (including phenoxy) is 2. The molecular weight excluding hydrogens is 372 g/mol. The fourth-order valence-electron chi connectivity index (χ4n) is 3.59. The first-order valence-electron chi connectivity index (χ1n) is 9.01. The Morgan fingerprint density at radius 3 is 2.30 bits per heavy atom. The van der Waals surface area contributed by atoms with E-state index in [4.69, 9.17) is 9.47 Å². The molecule has 0 aromatic heterocycles. The van der Waals surface area contributed by atoms with Crippen molar-refractivity contribution in [3.05, 3.63) is 17.7 Å². The number of fused-ring (bicyclic) bond motifs is 1. The molecule has 0 saturated heterocycles. The number of hydrogen-bond donors (Lipinski definition) is 1. The molecule has 2 aliphatic rings. The third kappa shape index (κ3) is 3.73. The van der Waals surface area contributed by atoms with Crippen molar-refractivity contribution in [1.29, 1.82) is 0 Å². The van der Waals surface area contributed by atoms with E-state index in [-0.39, 0.29) is 28.0 Å². The van der Waals surface area contributed by atoms with Crippen LogP contribution in [0.1, 0.15) is 48.9 Å². The number of methoxy groups -OCH3 is 2. The van der Waals surface area contributed by atoms with E-state index in [2.05, 4.69) is 5.32 Å². The van der Waals surface area contributed by atoms with E-state index in [1.165, 1.54) is 26.4 Å². The van der Waals surface area contributed by atoms with E-state index in [9.17, 15) is 18.0 Å². The summed E-state index contributed by atoms with van der Waals surface area (Å²) in [6.07, 6.45) is 6.12. The quantitative estimate of drug-likeness (QED) is 0.760. The Bertz CT molecular complexity index is 844. The Kier molecular flexibility index (Phi) is 5.59. The number of carbonyl (C=O) groups excluding carboxylic acids is 2. The lowest BCUT2D eigenvalue weighted by molar-refractivity contribution is -0.121. The highest BCUT2D eigenvalue weighted by Crippen LogP contribution is 2.38. The monoisotopic (exact) mass is 396 g/mol. The summed E-state index contributed by atoms with van der Waals surface area (Å²) in [4.78, 5) is 24.9. The molecule has 0 bridgehead atoms. The van der Waals surface area contributed by atoms with Crippen LogP contribution in [0.25, 0.3) is 0 Å². The molecule has 0 unspecified atom stereocenters. The van der Waals surface area contributed by atoms with Gasteiger partial charge in [-0.15, -0.1) is 0 Å². The van der Waals surface area contributed by atoms with Crippen LogP contribution in [0.15, 0.2) is 17.0 Å². The minimum absolute atomic E-state index is 0.0186. The van der Waals surface area contributed by atoms with Crippen LogP contribution in [-0.4, -0.2) is 51.3 Å². The van der Waals surface area contributed by atoms with E-state index >= 15 is 0 Å². The third-order valence-corrected chi connectivity index (χ3v) is 6.79. The standard InChI is InChI=1S/C18H24N2O6S/c1-25-14-9-13-16(10-15(14)26-2)27(23,24)20(18(13)22)11-17(21)19-12-7-5-3-4-6-8-12/h9-10,12H,3-8,11H2,1-2H3,(H,19,21). The first-order valence-corrected chi connectivity index (χ1v) is 10.4. The number of nitrogens with one attached hydrogen (secondary N) is 1. The summed E-state index contributed by atoms with van der Waals surface area (Å²) >= 11 is 0. The maximum absolute atomic E-state index is 12.8. The summed E-state index contributed by atoms with van der Waals surface area (Å²) in [5.41, 5.74) is -0.0186. The minimum Gasteiger partial charge on any atom is -0.493 e. The molecule has 8 nitrogen and oxygen atoms in total. The maximum atomic E-state index is 12.8. The van der Waals surface area contributed by atoms with Gasteiger partial charge in [0.1, 0.15) is 11.4 Å². The lowest BCUT2D eigenvalue weighted by atomic mass is 10.1. The zero-order valence-electron chi connectivity index (χ0n) is 15.5. The number of nitrogens with zero attached hydrogens (tertiary/aromatic N) is 1. The van der Waals surface area contributed by atoms with E-state index in [0.29, 0.717) is 4.31 Å². The molecule has 1 fully saturated rings. The predicted molar refractivity (Wildman–Crippen MR) is 97.4 cm³/mol. The molecule has 2 amide bonds. The van der Waals surface area contributed by atoms with E-state index < -0.39 is 28.4 Å². The minimum atomic E-state index is -4.11. The summed E-state index contributed by atoms with van der Waals surface area (Å²) in [7, 11) is -1.33. The molecule has 3 rings (SSSR count). The molecule has 27 heavy (non-hydrogen) atoms. The molecule has 0 spiro atoms. The van der Waals surface area contributed by atoms with Crippen molar-refractivity contribution in [2.24, 2.45) is 0 Å². The van der Waals surface area contributed by atoms with Gasteiger partial charge in [0.25, 0.3) is 15.9 Å². The van der Waals surface area contributed by atoms with Gasteiger partial charge in [-0.3, -0.25) is 9.59 Å². The summed E-state index contributed by atoms with van der Waals surface area (Å²) in [5, 5.41) is 2.87. The van der Waals surface area contributed by atoms with Gasteiger partial charge >= 0.3 is 0 Å². The molecule has 9 heteroatoms. The van der Waals surface area contributed by atoms with Gasteiger partial charge in [0.05, 0.1) is 19.8 Å². The smallest absolute Gasteiger partial charge is 0.269 e. The van der Waals surface area contributed by atoms with Gasteiger partial charge in [0, 0.05) is 12.1 Å². The summed E-state index contributed by atoms with van der Waals surface area (Å²) in [5.74, 6) is -0.741. The number of sulfonamides is 1. The predicted octanol–water partition coefficient (Wildman–Crippen LogP) is 1.69. The Hall–Kier alpha value is -2.29. The van der Waals surface area contributed by atoms with Crippen molar-refractivity contribution in [2.45, 2.75) is 49.5 Å². The van der Waals surface area contributed by atoms with Gasteiger partial charge in [-0.1, -0.05) is 25.7 Å². The van der Waals surface area contributed by atoms with Gasteiger partial charge in [0.2, 0.25) is 5.91 Å². The second kappa shape index (κ2) is 7.75. The molecule has 0 radical (unpaired) electrons. The Morgan fingerprint density at radius 1 is 1.11 bits per heavy atom. The number of benzene rings is 1. The molecule has 1 heterocycles. The first-order chi connectivity index (χ1) is 12.9. The van der Waals surface area contributed by atoms with Crippen molar-refractivity contribution in [1.82, 2.24) is 9.62 Å². The van der Waals surface area contributed by atoms with Gasteiger partial charge in [0.15, 0.2) is 11.5 Å². The molecule has 1 aliphatic carbocycles. The van der Waals surface area contributed by atoms with Crippen LogP contribution in [-0.2, 0) is 14.8 Å². The average molecular weight is 396 g/mol. The summed E-state index contributed by atoms with van der Waals surface area (Å²) < 4.78 is 36.4. The Labute approximate surface area is 158 Å². The second-order valence-electron chi connectivity index (χ2n) is 6.78. The van der Waals surface area contributed by atoms with Crippen molar-refractivity contribution in [3.63, 3.8) is 0 Å². The van der Waals surface area contributed by atoms with Crippen LogP contribution in [0.4, 0.5) is 0 Å². The fourth-order valence-corrected chi connectivity index (χ4v) is 5.11. The largest absolute Gasteiger partial charge is 0.493 e. The molecule has 1 aromatic carbocycles. The lowest BCUT2D eigenvalue weighted by Crippen LogP contribution is -2.43. The van der Waals surface area contributed by atoms with E-state index in [1.54, 1.807) is 0 Å². The molecule has 1 aromatic rings.